The molecule has 126 valence electrons. The van der Waals surface area contributed by atoms with E-state index < -0.39 is 0 Å². The average molecular weight is 346 g/mol. The molecular weight excluding hydrogens is 326 g/mol. The number of benzene rings is 2. The number of nitrogens with one attached hydrogen (secondary N) is 1. The summed E-state index contributed by atoms with van der Waals surface area (Å²) in [5.74, 6) is 0.391. The summed E-state index contributed by atoms with van der Waals surface area (Å²) in [5, 5.41) is 3.57. The number of halogens is 1. The number of hydrogen-bond acceptors (Lipinski definition) is 3. The molecule has 0 radical (unpaired) electrons. The van der Waals surface area contributed by atoms with Crippen molar-refractivity contribution in [2.45, 2.75) is 25.6 Å². The van der Waals surface area contributed by atoms with Gasteiger partial charge in [0.15, 0.2) is 0 Å². The first-order valence-electron chi connectivity index (χ1n) is 8.09. The summed E-state index contributed by atoms with van der Waals surface area (Å²) >= 11 is 6.14. The van der Waals surface area contributed by atoms with Crippen molar-refractivity contribution in [3.8, 4) is 5.75 Å². The first kappa shape index (κ1) is 16.8. The molecule has 2 aromatic carbocycles. The van der Waals surface area contributed by atoms with Gasteiger partial charge in [0, 0.05) is 23.7 Å². The fourth-order valence-electron chi connectivity index (χ4n) is 2.66. The van der Waals surface area contributed by atoms with E-state index in [9.17, 15) is 4.79 Å². The molecule has 1 heterocycles. The fraction of sp³-hybridized carbons (Fsp3) is 0.316. The van der Waals surface area contributed by atoms with Crippen molar-refractivity contribution in [3.05, 3.63) is 64.7 Å². The second-order valence-corrected chi connectivity index (χ2v) is 6.13. The van der Waals surface area contributed by atoms with Crippen molar-refractivity contribution in [2.75, 3.05) is 13.2 Å². The predicted molar refractivity (Wildman–Crippen MR) is 93.5 cm³/mol. The lowest BCUT2D eigenvalue weighted by atomic mass is 10.1. The zero-order chi connectivity index (χ0) is 16.8. The van der Waals surface area contributed by atoms with E-state index >= 15 is 0 Å². The summed E-state index contributed by atoms with van der Waals surface area (Å²) in [5.41, 5.74) is 1.40. The zero-order valence-electron chi connectivity index (χ0n) is 13.3. The van der Waals surface area contributed by atoms with Crippen LogP contribution in [0.5, 0.6) is 5.75 Å². The van der Waals surface area contributed by atoms with E-state index in [1.54, 1.807) is 12.1 Å². The number of amides is 1. The zero-order valence-corrected chi connectivity index (χ0v) is 14.1. The minimum Gasteiger partial charge on any atom is -0.488 e. The van der Waals surface area contributed by atoms with Crippen LogP contribution in [0.1, 0.15) is 28.8 Å². The maximum Gasteiger partial charge on any atom is 0.255 e. The molecule has 4 nitrogen and oxygen atoms in total. The van der Waals surface area contributed by atoms with Crippen molar-refractivity contribution < 1.29 is 14.3 Å². The Hall–Kier alpha value is -2.04. The Balaban J connectivity index is 1.63. The molecule has 24 heavy (non-hydrogen) atoms. The third-order valence-corrected chi connectivity index (χ3v) is 4.36. The van der Waals surface area contributed by atoms with Gasteiger partial charge in [0.25, 0.3) is 5.91 Å². The Labute approximate surface area is 146 Å². The summed E-state index contributed by atoms with van der Waals surface area (Å²) in [6.07, 6.45) is 2.16. The largest absolute Gasteiger partial charge is 0.488 e. The molecular formula is C19H20ClNO3. The van der Waals surface area contributed by atoms with Crippen LogP contribution in [0.25, 0.3) is 0 Å². The van der Waals surface area contributed by atoms with Gasteiger partial charge in [-0.3, -0.25) is 4.79 Å². The third-order valence-electron chi connectivity index (χ3n) is 3.99. The van der Waals surface area contributed by atoms with Gasteiger partial charge in [-0.1, -0.05) is 41.9 Å². The van der Waals surface area contributed by atoms with Gasteiger partial charge in [-0.05, 0) is 31.0 Å². The van der Waals surface area contributed by atoms with E-state index in [2.05, 4.69) is 5.32 Å². The Kier molecular flexibility index (Phi) is 5.72. The number of rotatable bonds is 6. The number of para-hydroxylation sites is 1. The van der Waals surface area contributed by atoms with Gasteiger partial charge in [0.1, 0.15) is 12.4 Å². The molecule has 2 aromatic rings. The predicted octanol–water partition coefficient (Wildman–Crippen LogP) is 3.83. The first-order chi connectivity index (χ1) is 11.7. The first-order valence-corrected chi connectivity index (χ1v) is 8.47. The number of hydrogen-bond donors (Lipinski definition) is 1. The third kappa shape index (κ3) is 4.28. The van der Waals surface area contributed by atoms with Crippen LogP contribution in [-0.4, -0.2) is 25.2 Å². The van der Waals surface area contributed by atoms with E-state index in [-0.39, 0.29) is 12.0 Å². The van der Waals surface area contributed by atoms with Gasteiger partial charge in [-0.25, -0.2) is 0 Å². The number of carbonyl (C=O) groups excluding carboxylic acids is 1. The minimum absolute atomic E-state index is 0.116. The monoisotopic (exact) mass is 345 g/mol. The highest BCUT2D eigenvalue weighted by Crippen LogP contribution is 2.22. The average Bonchev–Trinajstić information content (AvgIpc) is 3.13. The summed E-state index contributed by atoms with van der Waals surface area (Å²) in [4.78, 5) is 12.4. The summed E-state index contributed by atoms with van der Waals surface area (Å²) in [6, 6.07) is 14.7. The number of carbonyl (C=O) groups is 1. The molecule has 1 N–H and O–H groups in total. The van der Waals surface area contributed by atoms with Crippen LogP contribution in [0.4, 0.5) is 0 Å². The fourth-order valence-corrected chi connectivity index (χ4v) is 2.85. The Morgan fingerprint density at radius 3 is 2.79 bits per heavy atom. The quantitative estimate of drug-likeness (QED) is 0.865. The molecule has 5 heteroatoms. The van der Waals surface area contributed by atoms with Crippen LogP contribution in [0.15, 0.2) is 48.5 Å². The highest BCUT2D eigenvalue weighted by Gasteiger charge is 2.18. The molecule has 1 amide bonds. The van der Waals surface area contributed by atoms with Crippen LogP contribution in [-0.2, 0) is 11.3 Å². The summed E-state index contributed by atoms with van der Waals surface area (Å²) in [7, 11) is 0. The summed E-state index contributed by atoms with van der Waals surface area (Å²) in [6.45, 7) is 1.62. The summed E-state index contributed by atoms with van der Waals surface area (Å²) < 4.78 is 11.3. The number of ether oxygens (including phenoxy) is 2. The topological polar surface area (TPSA) is 47.6 Å². The maximum atomic E-state index is 12.4. The molecule has 1 atom stereocenters. The van der Waals surface area contributed by atoms with Crippen LogP contribution in [0, 0.1) is 0 Å². The molecule has 0 aromatic heterocycles. The van der Waals surface area contributed by atoms with E-state index in [0.29, 0.717) is 29.5 Å². The molecule has 1 saturated heterocycles. The van der Waals surface area contributed by atoms with Gasteiger partial charge in [0.2, 0.25) is 0 Å². The van der Waals surface area contributed by atoms with Gasteiger partial charge in [-0.2, -0.15) is 0 Å². The van der Waals surface area contributed by atoms with E-state index in [4.69, 9.17) is 21.1 Å². The molecule has 0 bridgehead atoms. The van der Waals surface area contributed by atoms with Gasteiger partial charge < -0.3 is 14.8 Å². The van der Waals surface area contributed by atoms with E-state index in [0.717, 1.165) is 25.0 Å². The van der Waals surface area contributed by atoms with E-state index in [1.807, 2.05) is 36.4 Å². The molecule has 1 fully saturated rings. The standard InChI is InChI=1S/C19H20ClNO3/c20-17-9-3-1-6-14(17)13-24-18-10-4-2-8-16(18)19(22)21-12-15-7-5-11-23-15/h1-4,6,8-10,15H,5,7,11-13H2,(H,21,22). The van der Waals surface area contributed by atoms with E-state index in [1.165, 1.54) is 0 Å². The SMILES string of the molecule is O=C(NCC1CCCO1)c1ccccc1OCc1ccccc1Cl. The minimum atomic E-state index is -0.153. The molecule has 0 aliphatic carbocycles. The Morgan fingerprint density at radius 1 is 1.21 bits per heavy atom. The van der Waals surface area contributed by atoms with Crippen molar-refractivity contribution in [1.82, 2.24) is 5.32 Å². The molecule has 0 saturated carbocycles. The lowest BCUT2D eigenvalue weighted by molar-refractivity contribution is 0.0854. The lowest BCUT2D eigenvalue weighted by Crippen LogP contribution is -2.32. The molecule has 1 aliphatic rings. The van der Waals surface area contributed by atoms with Gasteiger partial charge >= 0.3 is 0 Å². The van der Waals surface area contributed by atoms with Crippen molar-refractivity contribution in [3.63, 3.8) is 0 Å². The van der Waals surface area contributed by atoms with Gasteiger partial charge in [0.05, 0.1) is 11.7 Å². The smallest absolute Gasteiger partial charge is 0.255 e. The highest BCUT2D eigenvalue weighted by molar-refractivity contribution is 6.31. The maximum absolute atomic E-state index is 12.4. The van der Waals surface area contributed by atoms with Crippen LogP contribution >= 0.6 is 11.6 Å². The van der Waals surface area contributed by atoms with Crippen LogP contribution in [0.3, 0.4) is 0 Å². The van der Waals surface area contributed by atoms with Crippen molar-refractivity contribution >= 4 is 17.5 Å². The molecule has 3 rings (SSSR count). The second-order valence-electron chi connectivity index (χ2n) is 5.72. The highest BCUT2D eigenvalue weighted by atomic mass is 35.5. The normalized spacial score (nSPS) is 16.8. The molecule has 0 spiro atoms. The molecule has 1 unspecified atom stereocenters. The van der Waals surface area contributed by atoms with Crippen molar-refractivity contribution in [1.29, 1.82) is 0 Å². The molecule has 1 aliphatic heterocycles. The lowest BCUT2D eigenvalue weighted by Gasteiger charge is -2.14. The van der Waals surface area contributed by atoms with Crippen molar-refractivity contribution in [2.24, 2.45) is 0 Å². The van der Waals surface area contributed by atoms with Crippen LogP contribution in [0.2, 0.25) is 5.02 Å². The van der Waals surface area contributed by atoms with Crippen LogP contribution < -0.4 is 10.1 Å². The Bertz CT molecular complexity index is 699. The Morgan fingerprint density at radius 2 is 2.00 bits per heavy atom. The van der Waals surface area contributed by atoms with Gasteiger partial charge in [-0.15, -0.1) is 0 Å². The second kappa shape index (κ2) is 8.18.